The van der Waals surface area contributed by atoms with Crippen LogP contribution in [0.3, 0.4) is 0 Å². The Labute approximate surface area is 160 Å². The van der Waals surface area contributed by atoms with Crippen molar-refractivity contribution in [2.75, 3.05) is 35.3 Å². The smallest absolute Gasteiger partial charge is 0.246 e. The number of hydrogen-bond acceptors (Lipinski definition) is 8. The molecule has 0 radical (unpaired) electrons. The van der Waals surface area contributed by atoms with E-state index in [0.717, 1.165) is 10.6 Å². The highest BCUT2D eigenvalue weighted by molar-refractivity contribution is 8.01. The Bertz CT molecular complexity index is 883. The van der Waals surface area contributed by atoms with Gasteiger partial charge in [-0.05, 0) is 12.1 Å². The SMILES string of the molecule is C=CCSc1nnc(NC(=O)CN(c2ccccc2OC)S(C)(=O)=O)s1. The molecule has 0 atom stereocenters. The molecule has 2 rings (SSSR count). The van der Waals surface area contributed by atoms with Crippen molar-refractivity contribution in [1.82, 2.24) is 10.2 Å². The van der Waals surface area contributed by atoms with Crippen LogP contribution in [-0.4, -0.2) is 50.2 Å². The number of ether oxygens (including phenoxy) is 1. The van der Waals surface area contributed by atoms with Gasteiger partial charge in [-0.15, -0.1) is 16.8 Å². The van der Waals surface area contributed by atoms with Crippen molar-refractivity contribution in [3.63, 3.8) is 0 Å². The Hall–Kier alpha value is -2.11. The van der Waals surface area contributed by atoms with Crippen molar-refractivity contribution in [2.45, 2.75) is 4.34 Å². The monoisotopic (exact) mass is 414 g/mol. The van der Waals surface area contributed by atoms with E-state index < -0.39 is 22.5 Å². The molecular formula is C15H18N4O4S3. The van der Waals surface area contributed by atoms with Crippen LogP contribution in [0.2, 0.25) is 0 Å². The third kappa shape index (κ3) is 5.44. The zero-order valence-corrected chi connectivity index (χ0v) is 16.7. The number of nitrogens with one attached hydrogen (secondary N) is 1. The molecule has 11 heteroatoms. The highest BCUT2D eigenvalue weighted by Gasteiger charge is 2.24. The van der Waals surface area contributed by atoms with Gasteiger partial charge in [-0.3, -0.25) is 14.4 Å². The summed E-state index contributed by atoms with van der Waals surface area (Å²) in [7, 11) is -2.27. The topological polar surface area (TPSA) is 101 Å². The summed E-state index contributed by atoms with van der Waals surface area (Å²) in [5.41, 5.74) is 0.284. The van der Waals surface area contributed by atoms with Gasteiger partial charge in [0.25, 0.3) is 0 Å². The quantitative estimate of drug-likeness (QED) is 0.381. The second-order valence-electron chi connectivity index (χ2n) is 4.96. The molecule has 140 valence electrons. The lowest BCUT2D eigenvalue weighted by atomic mass is 10.3. The van der Waals surface area contributed by atoms with Gasteiger partial charge in [0.15, 0.2) is 4.34 Å². The van der Waals surface area contributed by atoms with Gasteiger partial charge in [0.1, 0.15) is 12.3 Å². The van der Waals surface area contributed by atoms with Gasteiger partial charge in [-0.1, -0.05) is 41.3 Å². The van der Waals surface area contributed by atoms with Crippen LogP contribution in [0.5, 0.6) is 5.75 Å². The molecule has 0 fully saturated rings. The number of amides is 1. The van der Waals surface area contributed by atoms with Gasteiger partial charge < -0.3 is 4.74 Å². The number of carbonyl (C=O) groups excluding carboxylic acids is 1. The molecule has 26 heavy (non-hydrogen) atoms. The molecule has 0 unspecified atom stereocenters. The van der Waals surface area contributed by atoms with Crippen molar-refractivity contribution >= 4 is 49.8 Å². The molecular weight excluding hydrogens is 396 g/mol. The van der Waals surface area contributed by atoms with E-state index in [4.69, 9.17) is 4.74 Å². The molecule has 1 aromatic heterocycles. The Morgan fingerprint density at radius 2 is 2.15 bits per heavy atom. The molecule has 0 aliphatic heterocycles. The van der Waals surface area contributed by atoms with E-state index in [2.05, 4.69) is 22.1 Å². The molecule has 0 saturated carbocycles. The summed E-state index contributed by atoms with van der Waals surface area (Å²) in [5.74, 6) is 0.501. The average Bonchev–Trinajstić information content (AvgIpc) is 3.04. The summed E-state index contributed by atoms with van der Waals surface area (Å²) in [6, 6.07) is 6.58. The standard InChI is InChI=1S/C15H18N4O4S3/c1-4-9-24-15-18-17-14(25-15)16-13(20)10-19(26(3,21)22)11-7-5-6-8-12(11)23-2/h4-8H,1,9-10H2,2-3H3,(H,16,17,20). The van der Waals surface area contributed by atoms with E-state index in [1.54, 1.807) is 30.3 Å². The summed E-state index contributed by atoms with van der Waals surface area (Å²) in [4.78, 5) is 12.3. The fourth-order valence-electron chi connectivity index (χ4n) is 1.95. The fourth-order valence-corrected chi connectivity index (χ4v) is 4.34. The van der Waals surface area contributed by atoms with E-state index in [0.29, 0.717) is 21.0 Å². The van der Waals surface area contributed by atoms with Gasteiger partial charge in [0.2, 0.25) is 21.1 Å². The Balaban J connectivity index is 2.15. The third-order valence-electron chi connectivity index (χ3n) is 3.02. The molecule has 0 saturated heterocycles. The van der Waals surface area contributed by atoms with Crippen LogP contribution in [0.15, 0.2) is 41.3 Å². The lowest BCUT2D eigenvalue weighted by Crippen LogP contribution is -2.37. The van der Waals surface area contributed by atoms with Crippen molar-refractivity contribution in [3.05, 3.63) is 36.9 Å². The number of sulfonamides is 1. The van der Waals surface area contributed by atoms with Crippen LogP contribution < -0.4 is 14.4 Å². The minimum absolute atomic E-state index is 0.284. The summed E-state index contributed by atoms with van der Waals surface area (Å²) in [6.45, 7) is 3.21. The van der Waals surface area contributed by atoms with E-state index >= 15 is 0 Å². The first kappa shape index (κ1) is 20.2. The number of anilines is 2. The van der Waals surface area contributed by atoms with Crippen LogP contribution >= 0.6 is 23.1 Å². The van der Waals surface area contributed by atoms with Gasteiger partial charge in [-0.2, -0.15) is 0 Å². The molecule has 2 aromatic rings. The lowest BCUT2D eigenvalue weighted by molar-refractivity contribution is -0.114. The average molecular weight is 415 g/mol. The first-order valence-corrected chi connectivity index (χ1v) is 11.0. The number of para-hydroxylation sites is 2. The van der Waals surface area contributed by atoms with E-state index in [1.165, 1.54) is 30.2 Å². The van der Waals surface area contributed by atoms with E-state index in [1.807, 2.05) is 0 Å². The largest absolute Gasteiger partial charge is 0.495 e. The molecule has 1 heterocycles. The first-order chi connectivity index (χ1) is 12.3. The number of carbonyl (C=O) groups is 1. The first-order valence-electron chi connectivity index (χ1n) is 7.33. The third-order valence-corrected chi connectivity index (χ3v) is 6.11. The number of nitrogens with zero attached hydrogens (tertiary/aromatic N) is 3. The predicted octanol–water partition coefficient (Wildman–Crippen LogP) is 2.23. The number of aromatic nitrogens is 2. The highest BCUT2D eigenvalue weighted by atomic mass is 32.2. The minimum Gasteiger partial charge on any atom is -0.495 e. The second kappa shape index (κ2) is 9.01. The van der Waals surface area contributed by atoms with E-state index in [9.17, 15) is 13.2 Å². The number of thioether (sulfide) groups is 1. The zero-order chi connectivity index (χ0) is 19.2. The maximum atomic E-state index is 12.3. The zero-order valence-electron chi connectivity index (χ0n) is 14.2. The van der Waals surface area contributed by atoms with Crippen molar-refractivity contribution < 1.29 is 17.9 Å². The predicted molar refractivity (Wildman–Crippen MR) is 105 cm³/mol. The number of methoxy groups -OCH3 is 1. The summed E-state index contributed by atoms with van der Waals surface area (Å²) >= 11 is 2.65. The number of rotatable bonds is 9. The van der Waals surface area contributed by atoms with Gasteiger partial charge >= 0.3 is 0 Å². The van der Waals surface area contributed by atoms with Crippen LogP contribution in [0.1, 0.15) is 0 Å². The van der Waals surface area contributed by atoms with Gasteiger partial charge in [-0.25, -0.2) is 8.42 Å². The summed E-state index contributed by atoms with van der Waals surface area (Å²) in [5, 5.41) is 10.7. The van der Waals surface area contributed by atoms with E-state index in [-0.39, 0.29) is 5.69 Å². The second-order valence-corrected chi connectivity index (χ2v) is 9.11. The molecule has 1 amide bonds. The maximum Gasteiger partial charge on any atom is 0.246 e. The molecule has 1 N–H and O–H groups in total. The molecule has 0 bridgehead atoms. The van der Waals surface area contributed by atoms with Crippen LogP contribution in [0, 0.1) is 0 Å². The van der Waals surface area contributed by atoms with Crippen molar-refractivity contribution in [1.29, 1.82) is 0 Å². The molecule has 1 aromatic carbocycles. The van der Waals surface area contributed by atoms with Gasteiger partial charge in [0.05, 0.1) is 19.1 Å². The fraction of sp³-hybridized carbons (Fsp3) is 0.267. The number of benzene rings is 1. The van der Waals surface area contributed by atoms with Gasteiger partial charge in [0, 0.05) is 5.75 Å². The van der Waals surface area contributed by atoms with Crippen LogP contribution in [-0.2, 0) is 14.8 Å². The van der Waals surface area contributed by atoms with Crippen LogP contribution in [0.25, 0.3) is 0 Å². The highest BCUT2D eigenvalue weighted by Crippen LogP contribution is 2.29. The molecule has 8 nitrogen and oxygen atoms in total. The Morgan fingerprint density at radius 1 is 1.42 bits per heavy atom. The normalized spacial score (nSPS) is 11.0. The Kier molecular flexibility index (Phi) is 7.00. The summed E-state index contributed by atoms with van der Waals surface area (Å²) in [6.07, 6.45) is 2.77. The van der Waals surface area contributed by atoms with Crippen LogP contribution in [0.4, 0.5) is 10.8 Å². The molecule has 0 aliphatic carbocycles. The van der Waals surface area contributed by atoms with Crippen molar-refractivity contribution in [3.8, 4) is 5.75 Å². The summed E-state index contributed by atoms with van der Waals surface area (Å²) < 4.78 is 31.2. The molecule has 0 aliphatic rings. The molecule has 0 spiro atoms. The maximum absolute atomic E-state index is 12.3. The lowest BCUT2D eigenvalue weighted by Gasteiger charge is -2.23. The number of hydrogen-bond donors (Lipinski definition) is 1. The minimum atomic E-state index is -3.70. The Morgan fingerprint density at radius 3 is 2.81 bits per heavy atom. The van der Waals surface area contributed by atoms with Crippen molar-refractivity contribution in [2.24, 2.45) is 0 Å².